The van der Waals surface area contributed by atoms with Crippen LogP contribution in [0.1, 0.15) is 77.6 Å². The molecule has 2 N–H and O–H groups in total. The number of unbranched alkanes of at least 4 members (excludes halogenated alkanes) is 5. The summed E-state index contributed by atoms with van der Waals surface area (Å²) < 4.78 is 5.99. The highest BCUT2D eigenvalue weighted by Gasteiger charge is 2.24. The van der Waals surface area contributed by atoms with Crippen molar-refractivity contribution in [1.29, 1.82) is 0 Å². The Morgan fingerprint density at radius 3 is 2.73 bits per heavy atom. The van der Waals surface area contributed by atoms with Gasteiger partial charge in [0.1, 0.15) is 0 Å². The van der Waals surface area contributed by atoms with Crippen LogP contribution in [-0.4, -0.2) is 34.5 Å². The lowest BCUT2D eigenvalue weighted by molar-refractivity contribution is -0.137. The van der Waals surface area contributed by atoms with E-state index in [4.69, 9.17) is 9.84 Å². The third-order valence-corrected chi connectivity index (χ3v) is 4.23. The number of aliphatic hydroxyl groups excluding tert-OH is 1. The van der Waals surface area contributed by atoms with Gasteiger partial charge in [-0.3, -0.25) is 4.79 Å². The van der Waals surface area contributed by atoms with Crippen LogP contribution in [0.4, 0.5) is 0 Å². The molecular weight excluding hydrogens is 280 g/mol. The van der Waals surface area contributed by atoms with E-state index in [1.54, 1.807) is 0 Å². The molecular formula is C18H32O4. The average Bonchev–Trinajstić information content (AvgIpc) is 2.51. The molecule has 0 aromatic rings. The normalized spacial score (nSPS) is 22.6. The van der Waals surface area contributed by atoms with Crippen LogP contribution in [0.25, 0.3) is 0 Å². The fraction of sp³-hybridized carbons (Fsp3) is 0.833. The van der Waals surface area contributed by atoms with E-state index in [9.17, 15) is 9.90 Å². The lowest BCUT2D eigenvalue weighted by Gasteiger charge is -2.29. The monoisotopic (exact) mass is 312 g/mol. The molecule has 0 spiro atoms. The van der Waals surface area contributed by atoms with Crippen molar-refractivity contribution in [2.75, 3.05) is 0 Å². The van der Waals surface area contributed by atoms with E-state index in [1.165, 1.54) is 12.8 Å². The van der Waals surface area contributed by atoms with Crippen molar-refractivity contribution >= 4 is 5.97 Å². The van der Waals surface area contributed by atoms with Gasteiger partial charge in [-0.15, -0.1) is 0 Å². The molecule has 1 heterocycles. The minimum Gasteiger partial charge on any atom is -0.481 e. The lowest BCUT2D eigenvalue weighted by Crippen LogP contribution is -2.34. The smallest absolute Gasteiger partial charge is 0.303 e. The van der Waals surface area contributed by atoms with E-state index in [2.05, 4.69) is 19.1 Å². The van der Waals surface area contributed by atoms with Crippen molar-refractivity contribution in [3.05, 3.63) is 12.2 Å². The predicted octanol–water partition coefficient (Wildman–Crippen LogP) is 4.07. The number of carboxylic acid groups (broad SMARTS) is 1. The zero-order valence-electron chi connectivity index (χ0n) is 13.9. The zero-order chi connectivity index (χ0) is 16.2. The molecule has 0 bridgehead atoms. The highest BCUT2D eigenvalue weighted by Crippen LogP contribution is 2.22. The summed E-state index contributed by atoms with van der Waals surface area (Å²) in [4.78, 5) is 10.4. The van der Waals surface area contributed by atoms with Crippen LogP contribution in [0.2, 0.25) is 0 Å². The van der Waals surface area contributed by atoms with Gasteiger partial charge in [-0.1, -0.05) is 57.6 Å². The van der Waals surface area contributed by atoms with Crippen molar-refractivity contribution in [3.8, 4) is 0 Å². The molecule has 1 aliphatic heterocycles. The number of carboxylic acids is 1. The van der Waals surface area contributed by atoms with Crippen molar-refractivity contribution in [2.24, 2.45) is 0 Å². The van der Waals surface area contributed by atoms with E-state index in [0.29, 0.717) is 0 Å². The van der Waals surface area contributed by atoms with Gasteiger partial charge in [-0.2, -0.15) is 0 Å². The molecule has 0 amide bonds. The third-order valence-electron chi connectivity index (χ3n) is 4.23. The lowest BCUT2D eigenvalue weighted by atomic mass is 9.99. The first-order chi connectivity index (χ1) is 10.6. The second kappa shape index (κ2) is 11.7. The van der Waals surface area contributed by atoms with Crippen LogP contribution in [-0.2, 0) is 9.53 Å². The van der Waals surface area contributed by atoms with Crippen molar-refractivity contribution in [1.82, 2.24) is 0 Å². The molecule has 0 saturated heterocycles. The number of carbonyl (C=O) groups is 1. The molecule has 0 radical (unpaired) electrons. The second-order valence-electron chi connectivity index (χ2n) is 6.29. The Morgan fingerprint density at radius 1 is 1.23 bits per heavy atom. The number of hydrogen-bond donors (Lipinski definition) is 2. The van der Waals surface area contributed by atoms with Gasteiger partial charge in [0.15, 0.2) is 0 Å². The molecule has 4 heteroatoms. The van der Waals surface area contributed by atoms with E-state index < -0.39 is 5.97 Å². The second-order valence-corrected chi connectivity index (χ2v) is 6.29. The van der Waals surface area contributed by atoms with Crippen molar-refractivity contribution < 1.29 is 19.7 Å². The van der Waals surface area contributed by atoms with Crippen LogP contribution in [0, 0.1) is 0 Å². The Kier molecular flexibility index (Phi) is 10.2. The Labute approximate surface area is 134 Å². The molecule has 1 rings (SSSR count). The summed E-state index contributed by atoms with van der Waals surface area (Å²) in [5, 5.41) is 18.8. The van der Waals surface area contributed by atoms with Gasteiger partial charge >= 0.3 is 5.97 Å². The van der Waals surface area contributed by atoms with Gasteiger partial charge < -0.3 is 14.9 Å². The zero-order valence-corrected chi connectivity index (χ0v) is 13.9. The number of hydrogen-bond acceptors (Lipinski definition) is 3. The molecule has 0 saturated carbocycles. The summed E-state index contributed by atoms with van der Waals surface area (Å²) >= 11 is 0. The van der Waals surface area contributed by atoms with Crippen LogP contribution in [0.15, 0.2) is 12.2 Å². The fourth-order valence-electron chi connectivity index (χ4n) is 2.87. The SMILES string of the molecule is CCCCC[C@@H](O)[C@@H]1CC=C[C@H](CCCCCCC(=O)O)O1. The molecule has 4 nitrogen and oxygen atoms in total. The Morgan fingerprint density at radius 2 is 2.00 bits per heavy atom. The average molecular weight is 312 g/mol. The first-order valence-corrected chi connectivity index (χ1v) is 8.85. The molecule has 128 valence electrons. The van der Waals surface area contributed by atoms with Gasteiger partial charge in [0.2, 0.25) is 0 Å². The van der Waals surface area contributed by atoms with E-state index >= 15 is 0 Å². The quantitative estimate of drug-likeness (QED) is 0.421. The van der Waals surface area contributed by atoms with Crippen molar-refractivity contribution in [3.63, 3.8) is 0 Å². The number of rotatable bonds is 12. The van der Waals surface area contributed by atoms with Crippen LogP contribution in [0.5, 0.6) is 0 Å². The summed E-state index contributed by atoms with van der Waals surface area (Å²) in [5.74, 6) is -0.710. The number of aliphatic hydroxyl groups is 1. The Hall–Kier alpha value is -0.870. The minimum atomic E-state index is -0.710. The van der Waals surface area contributed by atoms with Gasteiger partial charge in [0.05, 0.1) is 18.3 Å². The Bertz CT molecular complexity index is 327. The maximum Gasteiger partial charge on any atom is 0.303 e. The predicted molar refractivity (Wildman–Crippen MR) is 87.9 cm³/mol. The highest BCUT2D eigenvalue weighted by atomic mass is 16.5. The fourth-order valence-corrected chi connectivity index (χ4v) is 2.87. The topological polar surface area (TPSA) is 66.8 Å². The van der Waals surface area contributed by atoms with Gasteiger partial charge in [-0.05, 0) is 25.7 Å². The summed E-state index contributed by atoms with van der Waals surface area (Å²) in [6.07, 6.45) is 14.0. The van der Waals surface area contributed by atoms with E-state index in [1.807, 2.05) is 0 Å². The molecule has 0 fully saturated rings. The number of aliphatic carboxylic acids is 1. The molecule has 22 heavy (non-hydrogen) atoms. The summed E-state index contributed by atoms with van der Waals surface area (Å²) in [6, 6.07) is 0. The number of ether oxygens (including phenoxy) is 1. The largest absolute Gasteiger partial charge is 0.481 e. The van der Waals surface area contributed by atoms with Gasteiger partial charge in [0.25, 0.3) is 0 Å². The van der Waals surface area contributed by atoms with Crippen LogP contribution in [0.3, 0.4) is 0 Å². The van der Waals surface area contributed by atoms with E-state index in [0.717, 1.165) is 51.4 Å². The molecule has 1 aliphatic rings. The molecule has 0 aliphatic carbocycles. The first-order valence-electron chi connectivity index (χ1n) is 8.85. The van der Waals surface area contributed by atoms with Crippen LogP contribution < -0.4 is 0 Å². The van der Waals surface area contributed by atoms with Crippen LogP contribution >= 0.6 is 0 Å². The standard InChI is InChI=1S/C18H32O4/c1-2-3-6-12-16(19)17-13-9-11-15(22-17)10-7-4-5-8-14-18(20)21/h9,11,15-17,19H,2-8,10,12-14H2,1H3,(H,20,21)/t15-,16+,17-/m0/s1. The van der Waals surface area contributed by atoms with Gasteiger partial charge in [-0.25, -0.2) is 0 Å². The summed E-state index contributed by atoms with van der Waals surface area (Å²) in [5.41, 5.74) is 0. The van der Waals surface area contributed by atoms with E-state index in [-0.39, 0.29) is 24.7 Å². The minimum absolute atomic E-state index is 0.0566. The molecule has 0 aromatic heterocycles. The summed E-state index contributed by atoms with van der Waals surface area (Å²) in [7, 11) is 0. The third kappa shape index (κ3) is 8.54. The molecule has 0 aromatic carbocycles. The maximum absolute atomic E-state index is 10.4. The maximum atomic E-state index is 10.4. The highest BCUT2D eigenvalue weighted by molar-refractivity contribution is 5.66. The Balaban J connectivity index is 2.13. The molecule has 3 atom stereocenters. The van der Waals surface area contributed by atoms with Crippen molar-refractivity contribution in [2.45, 2.75) is 95.9 Å². The van der Waals surface area contributed by atoms with Gasteiger partial charge in [0, 0.05) is 6.42 Å². The first kappa shape index (κ1) is 19.2. The molecule has 0 unspecified atom stereocenters. The summed E-state index contributed by atoms with van der Waals surface area (Å²) in [6.45, 7) is 2.17.